The zero-order chi connectivity index (χ0) is 20.1. The summed E-state index contributed by atoms with van der Waals surface area (Å²) in [6, 6.07) is 13.9. The van der Waals surface area contributed by atoms with Gasteiger partial charge < -0.3 is 15.0 Å². The molecule has 1 aliphatic rings. The second-order valence-electron chi connectivity index (χ2n) is 6.66. The first-order valence-electron chi connectivity index (χ1n) is 9.10. The lowest BCUT2D eigenvalue weighted by molar-refractivity contribution is -0.384. The molecule has 2 aromatic carbocycles. The van der Waals surface area contributed by atoms with E-state index in [9.17, 15) is 14.9 Å². The fourth-order valence-corrected chi connectivity index (χ4v) is 3.41. The molecule has 8 heteroatoms. The molecule has 0 saturated carbocycles. The number of methoxy groups -OCH3 is 1. The second kappa shape index (κ2) is 8.81. The minimum absolute atomic E-state index is 0.00272. The van der Waals surface area contributed by atoms with Crippen LogP contribution in [-0.4, -0.2) is 56.1 Å². The van der Waals surface area contributed by atoms with Crippen LogP contribution in [0.4, 0.5) is 11.4 Å². The van der Waals surface area contributed by atoms with Crippen molar-refractivity contribution in [2.75, 3.05) is 45.2 Å². The average Bonchev–Trinajstić information content (AvgIpc) is 2.73. The number of nitrogens with zero attached hydrogens (tertiary/aromatic N) is 3. The number of hydrogen-bond acceptors (Lipinski definition) is 6. The Morgan fingerprint density at radius 3 is 2.68 bits per heavy atom. The van der Waals surface area contributed by atoms with Crippen LogP contribution in [0.15, 0.2) is 48.5 Å². The number of nitro benzene ring substituents is 1. The number of anilines is 1. The van der Waals surface area contributed by atoms with Crippen LogP contribution in [0.5, 0.6) is 5.75 Å². The molecule has 1 fully saturated rings. The van der Waals surface area contributed by atoms with E-state index in [4.69, 9.17) is 4.74 Å². The summed E-state index contributed by atoms with van der Waals surface area (Å²) < 4.78 is 5.49. The van der Waals surface area contributed by atoms with Gasteiger partial charge in [0.1, 0.15) is 5.75 Å². The van der Waals surface area contributed by atoms with Gasteiger partial charge in [-0.2, -0.15) is 0 Å². The van der Waals surface area contributed by atoms with Crippen molar-refractivity contribution < 1.29 is 14.5 Å². The first kappa shape index (κ1) is 19.8. The number of nitrogens with one attached hydrogen (secondary N) is 1. The number of rotatable bonds is 6. The lowest BCUT2D eigenvalue weighted by Crippen LogP contribution is -2.49. The lowest BCUT2D eigenvalue weighted by Gasteiger charge is -2.37. The summed E-state index contributed by atoms with van der Waals surface area (Å²) in [5, 5.41) is 14.2. The van der Waals surface area contributed by atoms with Gasteiger partial charge in [-0.05, 0) is 18.2 Å². The number of hydrogen-bond donors (Lipinski definition) is 1. The molecule has 3 rings (SSSR count). The number of para-hydroxylation sites is 1. The fourth-order valence-electron chi connectivity index (χ4n) is 3.41. The third-order valence-electron chi connectivity index (χ3n) is 5.01. The van der Waals surface area contributed by atoms with Crippen LogP contribution in [0.25, 0.3) is 0 Å². The zero-order valence-corrected chi connectivity index (χ0v) is 16.0. The van der Waals surface area contributed by atoms with E-state index in [1.54, 1.807) is 26.3 Å². The van der Waals surface area contributed by atoms with E-state index < -0.39 is 4.92 Å². The Labute approximate surface area is 163 Å². The number of carbonyl (C=O) groups excluding carboxylic acids is 1. The van der Waals surface area contributed by atoms with Gasteiger partial charge in [-0.25, -0.2) is 0 Å². The highest BCUT2D eigenvalue weighted by molar-refractivity contribution is 5.94. The molecule has 1 N–H and O–H groups in total. The van der Waals surface area contributed by atoms with Crippen LogP contribution in [0.3, 0.4) is 0 Å². The standard InChI is InChI=1S/C20H24N4O4/c1-22(15-7-9-16(10-8-15)24(26)27)20(25)14-23-12-11-21-13-18(23)17-5-3-4-6-19(17)28-2/h3-10,18,21H,11-14H2,1-2H3. The highest BCUT2D eigenvalue weighted by Gasteiger charge is 2.28. The van der Waals surface area contributed by atoms with Crippen LogP contribution in [-0.2, 0) is 4.79 Å². The maximum Gasteiger partial charge on any atom is 0.269 e. The van der Waals surface area contributed by atoms with Crippen molar-refractivity contribution >= 4 is 17.3 Å². The average molecular weight is 384 g/mol. The monoisotopic (exact) mass is 384 g/mol. The molecule has 1 atom stereocenters. The predicted molar refractivity (Wildman–Crippen MR) is 107 cm³/mol. The first-order valence-corrected chi connectivity index (χ1v) is 9.10. The summed E-state index contributed by atoms with van der Waals surface area (Å²) in [5.41, 5.74) is 1.67. The van der Waals surface area contributed by atoms with Crippen molar-refractivity contribution in [2.45, 2.75) is 6.04 Å². The number of ether oxygens (including phenoxy) is 1. The topological polar surface area (TPSA) is 88.0 Å². The fraction of sp³-hybridized carbons (Fsp3) is 0.350. The summed E-state index contributed by atoms with van der Waals surface area (Å²) in [7, 11) is 3.33. The Kier molecular flexibility index (Phi) is 6.23. The van der Waals surface area contributed by atoms with Crippen molar-refractivity contribution in [3.8, 4) is 5.75 Å². The summed E-state index contributed by atoms with van der Waals surface area (Å²) in [6.45, 7) is 2.52. The molecule has 1 aliphatic heterocycles. The van der Waals surface area contributed by atoms with E-state index in [0.29, 0.717) is 5.69 Å². The number of likely N-dealkylation sites (N-methyl/N-ethyl adjacent to an activating group) is 1. The van der Waals surface area contributed by atoms with E-state index in [1.807, 2.05) is 24.3 Å². The van der Waals surface area contributed by atoms with Gasteiger partial charge in [0.25, 0.3) is 5.69 Å². The maximum atomic E-state index is 12.9. The molecule has 2 aromatic rings. The minimum atomic E-state index is -0.454. The van der Waals surface area contributed by atoms with Crippen molar-refractivity contribution in [3.05, 3.63) is 64.2 Å². The van der Waals surface area contributed by atoms with Gasteiger partial charge >= 0.3 is 0 Å². The molecule has 0 aromatic heterocycles. The molecule has 1 unspecified atom stereocenters. The third-order valence-corrected chi connectivity index (χ3v) is 5.01. The highest BCUT2D eigenvalue weighted by Crippen LogP contribution is 2.30. The number of nitro groups is 1. The normalized spacial score (nSPS) is 17.1. The zero-order valence-electron chi connectivity index (χ0n) is 16.0. The molecule has 148 valence electrons. The summed E-state index contributed by atoms with van der Waals surface area (Å²) in [5.74, 6) is 0.730. The van der Waals surface area contributed by atoms with Gasteiger partial charge in [0.05, 0.1) is 24.6 Å². The third kappa shape index (κ3) is 4.29. The molecule has 8 nitrogen and oxygen atoms in total. The van der Waals surface area contributed by atoms with E-state index in [-0.39, 0.29) is 24.2 Å². The molecular formula is C20H24N4O4. The number of carbonyl (C=O) groups is 1. The van der Waals surface area contributed by atoms with Crippen LogP contribution < -0.4 is 15.0 Å². The van der Waals surface area contributed by atoms with Crippen molar-refractivity contribution in [1.82, 2.24) is 10.2 Å². The van der Waals surface area contributed by atoms with Gasteiger partial charge in [-0.15, -0.1) is 0 Å². The Bertz CT molecular complexity index is 840. The molecular weight excluding hydrogens is 360 g/mol. The summed E-state index contributed by atoms with van der Waals surface area (Å²) in [4.78, 5) is 26.9. The molecule has 0 aliphatic carbocycles. The minimum Gasteiger partial charge on any atom is -0.496 e. The maximum absolute atomic E-state index is 12.9. The molecule has 1 amide bonds. The van der Waals surface area contributed by atoms with Crippen LogP contribution >= 0.6 is 0 Å². The Balaban J connectivity index is 1.74. The highest BCUT2D eigenvalue weighted by atomic mass is 16.6. The van der Waals surface area contributed by atoms with Crippen molar-refractivity contribution in [2.24, 2.45) is 0 Å². The Hall–Kier alpha value is -2.97. The largest absolute Gasteiger partial charge is 0.496 e. The predicted octanol–water partition coefficient (Wildman–Crippen LogP) is 2.21. The SMILES string of the molecule is COc1ccccc1C1CNCCN1CC(=O)N(C)c1ccc([N+](=O)[O-])cc1. The first-order chi connectivity index (χ1) is 13.5. The van der Waals surface area contributed by atoms with E-state index in [1.165, 1.54) is 17.0 Å². The van der Waals surface area contributed by atoms with Gasteiger partial charge in [0.2, 0.25) is 5.91 Å². The van der Waals surface area contributed by atoms with E-state index >= 15 is 0 Å². The van der Waals surface area contributed by atoms with Gasteiger partial charge in [-0.1, -0.05) is 18.2 Å². The number of benzene rings is 2. The smallest absolute Gasteiger partial charge is 0.269 e. The van der Waals surface area contributed by atoms with Gasteiger partial charge in [0.15, 0.2) is 0 Å². The Morgan fingerprint density at radius 2 is 2.00 bits per heavy atom. The molecule has 28 heavy (non-hydrogen) atoms. The molecule has 0 spiro atoms. The van der Waals surface area contributed by atoms with Gasteiger partial charge in [-0.3, -0.25) is 19.8 Å². The van der Waals surface area contributed by atoms with Gasteiger partial charge in [0, 0.05) is 50.1 Å². The second-order valence-corrected chi connectivity index (χ2v) is 6.66. The molecule has 0 bridgehead atoms. The van der Waals surface area contributed by atoms with E-state index in [2.05, 4.69) is 10.2 Å². The number of amides is 1. The molecule has 0 radical (unpaired) electrons. The van der Waals surface area contributed by atoms with Crippen molar-refractivity contribution in [3.63, 3.8) is 0 Å². The quantitative estimate of drug-likeness (QED) is 0.607. The summed E-state index contributed by atoms with van der Waals surface area (Å²) in [6.07, 6.45) is 0. The molecule has 1 saturated heterocycles. The molecule has 1 heterocycles. The number of non-ortho nitro benzene ring substituents is 1. The van der Waals surface area contributed by atoms with Crippen LogP contribution in [0.2, 0.25) is 0 Å². The van der Waals surface area contributed by atoms with E-state index in [0.717, 1.165) is 30.9 Å². The Morgan fingerprint density at radius 1 is 1.29 bits per heavy atom. The summed E-state index contributed by atoms with van der Waals surface area (Å²) >= 11 is 0. The van der Waals surface area contributed by atoms with Crippen LogP contribution in [0, 0.1) is 10.1 Å². The van der Waals surface area contributed by atoms with Crippen LogP contribution in [0.1, 0.15) is 11.6 Å². The van der Waals surface area contributed by atoms with Crippen molar-refractivity contribution in [1.29, 1.82) is 0 Å². The lowest BCUT2D eigenvalue weighted by atomic mass is 10.0. The number of piperazine rings is 1.